The largest absolute Gasteiger partial charge is 0.292 e. The van der Waals surface area contributed by atoms with Gasteiger partial charge in [-0.2, -0.15) is 0 Å². The molecule has 1 aliphatic carbocycles. The molecule has 0 fully saturated rings. The van der Waals surface area contributed by atoms with Gasteiger partial charge in [-0.1, -0.05) is 135 Å². The van der Waals surface area contributed by atoms with E-state index >= 15 is 0 Å². The van der Waals surface area contributed by atoms with Crippen LogP contribution in [-0.4, -0.2) is 14.5 Å². The minimum Gasteiger partial charge on any atom is -0.292 e. The number of para-hydroxylation sites is 1. The predicted molar refractivity (Wildman–Crippen MR) is 188 cm³/mol. The zero-order valence-electron chi connectivity index (χ0n) is 25.0. The Hall–Kier alpha value is -5.32. The summed E-state index contributed by atoms with van der Waals surface area (Å²) >= 11 is 1.91. The number of rotatable bonds is 4. The van der Waals surface area contributed by atoms with Crippen LogP contribution in [0.1, 0.15) is 25.0 Å². The zero-order chi connectivity index (χ0) is 30.1. The van der Waals surface area contributed by atoms with Crippen LogP contribution in [0.2, 0.25) is 0 Å². The van der Waals surface area contributed by atoms with Gasteiger partial charge < -0.3 is 0 Å². The van der Waals surface area contributed by atoms with Crippen LogP contribution >= 0.6 is 11.3 Å². The molecular formula is C41H29N3S. The average molecular weight is 596 g/mol. The maximum Gasteiger partial charge on any atom is 0.162 e. The van der Waals surface area contributed by atoms with Crippen LogP contribution in [0, 0.1) is 0 Å². The van der Waals surface area contributed by atoms with Crippen LogP contribution in [0.3, 0.4) is 0 Å². The first-order valence-corrected chi connectivity index (χ1v) is 16.2. The molecule has 3 aromatic heterocycles. The van der Waals surface area contributed by atoms with Crippen LogP contribution < -0.4 is 0 Å². The van der Waals surface area contributed by atoms with Crippen LogP contribution in [0.4, 0.5) is 0 Å². The minimum absolute atomic E-state index is 0.140. The molecule has 1 aliphatic rings. The molecule has 0 saturated heterocycles. The van der Waals surface area contributed by atoms with Gasteiger partial charge in [-0.15, -0.1) is 11.3 Å². The number of hydrogen-bond acceptors (Lipinski definition) is 3. The van der Waals surface area contributed by atoms with Gasteiger partial charge in [0.05, 0.1) is 21.4 Å². The van der Waals surface area contributed by atoms with Gasteiger partial charge in [-0.25, -0.2) is 9.97 Å². The van der Waals surface area contributed by atoms with Crippen LogP contribution in [-0.2, 0) is 5.41 Å². The Morgan fingerprint density at radius 2 is 1.27 bits per heavy atom. The van der Waals surface area contributed by atoms with Gasteiger partial charge in [-0.3, -0.25) is 4.57 Å². The van der Waals surface area contributed by atoms with Crippen LogP contribution in [0.15, 0.2) is 140 Å². The fraction of sp³-hybridized carbons (Fsp3) is 0.0732. The first-order chi connectivity index (χ1) is 22.1. The summed E-state index contributed by atoms with van der Waals surface area (Å²) in [4.78, 5) is 11.9. The molecule has 0 bridgehead atoms. The summed E-state index contributed by atoms with van der Waals surface area (Å²) in [7, 11) is 0. The molecule has 0 spiro atoms. The number of aromatic nitrogens is 3. The van der Waals surface area contributed by atoms with Crippen molar-refractivity contribution in [3.8, 4) is 50.0 Å². The summed E-state index contributed by atoms with van der Waals surface area (Å²) in [6.45, 7) is 4.73. The Bertz CT molecular complexity index is 2400. The van der Waals surface area contributed by atoms with E-state index in [1.807, 2.05) is 17.4 Å². The Balaban J connectivity index is 1.35. The molecule has 0 amide bonds. The highest BCUT2D eigenvalue weighted by molar-refractivity contribution is 7.23. The summed E-state index contributed by atoms with van der Waals surface area (Å²) in [5, 5.41) is 1.26. The summed E-state index contributed by atoms with van der Waals surface area (Å²) in [5.41, 5.74) is 11.7. The van der Waals surface area contributed by atoms with E-state index in [-0.39, 0.29) is 5.41 Å². The van der Waals surface area contributed by atoms with Crippen molar-refractivity contribution >= 4 is 32.5 Å². The monoisotopic (exact) mass is 595 g/mol. The molecule has 214 valence electrons. The van der Waals surface area contributed by atoms with E-state index in [0.29, 0.717) is 5.82 Å². The highest BCUT2D eigenvalue weighted by Crippen LogP contribution is 2.57. The first-order valence-electron chi connectivity index (χ1n) is 15.3. The van der Waals surface area contributed by atoms with E-state index in [9.17, 15) is 0 Å². The quantitative estimate of drug-likeness (QED) is 0.203. The average Bonchev–Trinajstić information content (AvgIpc) is 3.71. The molecule has 8 aromatic rings. The van der Waals surface area contributed by atoms with Gasteiger partial charge in [0.25, 0.3) is 0 Å². The number of benzene rings is 5. The summed E-state index contributed by atoms with van der Waals surface area (Å²) < 4.78 is 3.71. The van der Waals surface area contributed by atoms with Crippen LogP contribution in [0.25, 0.3) is 71.2 Å². The van der Waals surface area contributed by atoms with Crippen molar-refractivity contribution in [1.29, 1.82) is 0 Å². The highest BCUT2D eigenvalue weighted by atomic mass is 32.1. The Morgan fingerprint density at radius 1 is 0.600 bits per heavy atom. The summed E-state index contributed by atoms with van der Waals surface area (Å²) in [6.07, 6.45) is 0. The Labute approximate surface area is 266 Å². The van der Waals surface area contributed by atoms with E-state index in [1.54, 1.807) is 0 Å². The van der Waals surface area contributed by atoms with Gasteiger partial charge in [0.15, 0.2) is 5.82 Å². The second kappa shape index (κ2) is 9.85. The summed E-state index contributed by atoms with van der Waals surface area (Å²) in [6, 6.07) is 49.3. The third-order valence-corrected chi connectivity index (χ3v) is 10.5. The number of nitrogens with zero attached hydrogens (tertiary/aromatic N) is 3. The lowest BCUT2D eigenvalue weighted by Gasteiger charge is -2.22. The maximum absolute atomic E-state index is 5.31. The first kappa shape index (κ1) is 26.1. The molecule has 0 radical (unpaired) electrons. The minimum atomic E-state index is -0.140. The Morgan fingerprint density at radius 3 is 2.09 bits per heavy atom. The molecule has 0 atom stereocenters. The van der Waals surface area contributed by atoms with Crippen molar-refractivity contribution in [3.63, 3.8) is 0 Å². The molecule has 0 aliphatic heterocycles. The van der Waals surface area contributed by atoms with Gasteiger partial charge in [0.1, 0.15) is 5.82 Å². The van der Waals surface area contributed by atoms with E-state index in [1.165, 1.54) is 48.3 Å². The van der Waals surface area contributed by atoms with Crippen molar-refractivity contribution < 1.29 is 0 Å². The molecule has 4 heteroatoms. The van der Waals surface area contributed by atoms with Gasteiger partial charge in [0.2, 0.25) is 0 Å². The van der Waals surface area contributed by atoms with E-state index in [0.717, 1.165) is 28.2 Å². The van der Waals surface area contributed by atoms with Gasteiger partial charge in [0, 0.05) is 38.4 Å². The second-order valence-electron chi connectivity index (χ2n) is 12.3. The fourth-order valence-electron chi connectivity index (χ4n) is 7.07. The van der Waals surface area contributed by atoms with Gasteiger partial charge in [-0.05, 0) is 34.4 Å². The number of fused-ring (bicyclic) bond motifs is 7. The molecule has 3 heterocycles. The van der Waals surface area contributed by atoms with Crippen molar-refractivity contribution in [2.24, 2.45) is 0 Å². The molecule has 3 nitrogen and oxygen atoms in total. The molecule has 0 unspecified atom stereocenters. The van der Waals surface area contributed by atoms with Crippen molar-refractivity contribution in [2.45, 2.75) is 19.3 Å². The molecule has 0 N–H and O–H groups in total. The highest BCUT2D eigenvalue weighted by Gasteiger charge is 2.40. The predicted octanol–water partition coefficient (Wildman–Crippen LogP) is 10.9. The lowest BCUT2D eigenvalue weighted by Crippen LogP contribution is -2.16. The SMILES string of the molecule is CC1(C)c2ccccc2-c2sc3c4ccccc4n(-c4cc(-c5cccc(-c6ccccc6)c5)nc(-c5ccccc5)n4)c3c21. The number of hydrogen-bond donors (Lipinski definition) is 0. The third kappa shape index (κ3) is 3.96. The summed E-state index contributed by atoms with van der Waals surface area (Å²) in [5.74, 6) is 1.59. The van der Waals surface area contributed by atoms with Crippen molar-refractivity contribution in [2.75, 3.05) is 0 Å². The fourth-order valence-corrected chi connectivity index (χ4v) is 8.59. The maximum atomic E-state index is 5.31. The standard InChI is InChI=1S/C41H29N3S/c1-41(2)32-22-11-9-20-30(32)38-36(41)37-39(45-38)31-21-10-12-23-34(31)44(37)35-25-33(42-40(43-35)27-16-7-4-8-17-27)29-19-13-18-28(24-29)26-14-5-3-6-15-26/h3-25H,1-2H3. The second-order valence-corrected chi connectivity index (χ2v) is 13.3. The van der Waals surface area contributed by atoms with Crippen molar-refractivity contribution in [3.05, 3.63) is 151 Å². The van der Waals surface area contributed by atoms with E-state index in [4.69, 9.17) is 9.97 Å². The molecule has 0 saturated carbocycles. The van der Waals surface area contributed by atoms with Crippen molar-refractivity contribution in [1.82, 2.24) is 14.5 Å². The van der Waals surface area contributed by atoms with Crippen LogP contribution in [0.5, 0.6) is 0 Å². The number of thiophene rings is 1. The zero-order valence-corrected chi connectivity index (χ0v) is 25.8. The molecule has 45 heavy (non-hydrogen) atoms. The third-order valence-electron chi connectivity index (χ3n) is 9.21. The van der Waals surface area contributed by atoms with E-state index < -0.39 is 0 Å². The Kier molecular flexibility index (Phi) is 5.71. The smallest absolute Gasteiger partial charge is 0.162 e. The molecule has 9 rings (SSSR count). The molecular weight excluding hydrogens is 567 g/mol. The molecule has 5 aromatic carbocycles. The lowest BCUT2D eigenvalue weighted by molar-refractivity contribution is 0.664. The topological polar surface area (TPSA) is 30.7 Å². The normalized spacial score (nSPS) is 13.3. The lowest BCUT2D eigenvalue weighted by atomic mass is 9.82. The van der Waals surface area contributed by atoms with Gasteiger partial charge >= 0.3 is 0 Å². The van der Waals surface area contributed by atoms with E-state index in [2.05, 4.69) is 152 Å².